The SMILES string of the molecule is CCNc1nc(-c2ccc(Cl)cn2)nc(C(C)(C)C)c1I. The molecule has 0 saturated carbocycles. The van der Waals surface area contributed by atoms with Gasteiger partial charge in [-0.1, -0.05) is 32.4 Å². The molecule has 0 aliphatic rings. The first-order valence-electron chi connectivity index (χ1n) is 6.76. The van der Waals surface area contributed by atoms with E-state index in [2.05, 4.69) is 65.6 Å². The van der Waals surface area contributed by atoms with Crippen LogP contribution < -0.4 is 5.32 Å². The monoisotopic (exact) mass is 416 g/mol. The summed E-state index contributed by atoms with van der Waals surface area (Å²) >= 11 is 8.19. The average Bonchev–Trinajstić information content (AvgIpc) is 2.41. The summed E-state index contributed by atoms with van der Waals surface area (Å²) in [5, 5.41) is 3.90. The third kappa shape index (κ3) is 3.83. The van der Waals surface area contributed by atoms with Gasteiger partial charge in [0.15, 0.2) is 5.82 Å². The molecule has 0 aromatic carbocycles. The lowest BCUT2D eigenvalue weighted by atomic mass is 9.92. The maximum Gasteiger partial charge on any atom is 0.180 e. The quantitative estimate of drug-likeness (QED) is 0.747. The molecule has 0 amide bonds. The first kappa shape index (κ1) is 16.4. The lowest BCUT2D eigenvalue weighted by molar-refractivity contribution is 0.564. The molecule has 0 unspecified atom stereocenters. The van der Waals surface area contributed by atoms with Gasteiger partial charge in [0.05, 0.1) is 14.3 Å². The third-order valence-corrected chi connectivity index (χ3v) is 4.11. The van der Waals surface area contributed by atoms with E-state index in [1.54, 1.807) is 12.3 Å². The topological polar surface area (TPSA) is 50.7 Å². The minimum absolute atomic E-state index is 0.0647. The summed E-state index contributed by atoms with van der Waals surface area (Å²) in [6.07, 6.45) is 1.61. The average molecular weight is 417 g/mol. The Morgan fingerprint density at radius 2 is 1.95 bits per heavy atom. The first-order chi connectivity index (χ1) is 9.82. The maximum atomic E-state index is 5.89. The molecule has 0 spiro atoms. The number of halogens is 2. The van der Waals surface area contributed by atoms with Gasteiger partial charge in [0, 0.05) is 18.2 Å². The van der Waals surface area contributed by atoms with Crippen molar-refractivity contribution in [2.75, 3.05) is 11.9 Å². The molecule has 4 nitrogen and oxygen atoms in total. The lowest BCUT2D eigenvalue weighted by Crippen LogP contribution is -2.19. The Balaban J connectivity index is 2.61. The van der Waals surface area contributed by atoms with Crippen molar-refractivity contribution in [3.8, 4) is 11.5 Å². The molecular formula is C15H18ClIN4. The molecule has 2 heterocycles. The summed E-state index contributed by atoms with van der Waals surface area (Å²) in [5.41, 5.74) is 1.67. The molecule has 0 radical (unpaired) electrons. The second kappa shape index (κ2) is 6.44. The fourth-order valence-electron chi connectivity index (χ4n) is 1.85. The summed E-state index contributed by atoms with van der Waals surface area (Å²) in [4.78, 5) is 13.6. The number of nitrogens with zero attached hydrogens (tertiary/aromatic N) is 3. The summed E-state index contributed by atoms with van der Waals surface area (Å²) in [6.45, 7) is 9.30. The van der Waals surface area contributed by atoms with Crippen LogP contribution in [0.15, 0.2) is 18.3 Å². The van der Waals surface area contributed by atoms with Gasteiger partial charge in [-0.05, 0) is 41.6 Å². The van der Waals surface area contributed by atoms with Crippen LogP contribution in [0.3, 0.4) is 0 Å². The van der Waals surface area contributed by atoms with E-state index < -0.39 is 0 Å². The van der Waals surface area contributed by atoms with Gasteiger partial charge < -0.3 is 5.32 Å². The Morgan fingerprint density at radius 1 is 1.24 bits per heavy atom. The lowest BCUT2D eigenvalue weighted by Gasteiger charge is -2.22. The highest BCUT2D eigenvalue weighted by molar-refractivity contribution is 14.1. The molecule has 2 rings (SSSR count). The van der Waals surface area contributed by atoms with Crippen LogP contribution in [0.5, 0.6) is 0 Å². The van der Waals surface area contributed by atoms with Crippen molar-refractivity contribution in [3.63, 3.8) is 0 Å². The minimum atomic E-state index is -0.0647. The van der Waals surface area contributed by atoms with E-state index in [4.69, 9.17) is 16.6 Å². The molecule has 0 aliphatic heterocycles. The Morgan fingerprint density at radius 3 is 2.48 bits per heavy atom. The van der Waals surface area contributed by atoms with Crippen molar-refractivity contribution in [2.24, 2.45) is 0 Å². The Kier molecular flexibility index (Phi) is 5.03. The Hall–Kier alpha value is -0.950. The summed E-state index contributed by atoms with van der Waals surface area (Å²) in [5.74, 6) is 1.47. The Labute approximate surface area is 143 Å². The van der Waals surface area contributed by atoms with E-state index >= 15 is 0 Å². The van der Waals surface area contributed by atoms with E-state index in [-0.39, 0.29) is 5.41 Å². The fourth-order valence-corrected chi connectivity index (χ4v) is 3.20. The zero-order valence-corrected chi connectivity index (χ0v) is 15.5. The second-order valence-electron chi connectivity index (χ2n) is 5.70. The van der Waals surface area contributed by atoms with Crippen LogP contribution in [0.4, 0.5) is 5.82 Å². The predicted octanol–water partition coefficient (Wildman–Crippen LogP) is 4.53. The number of hydrogen-bond donors (Lipinski definition) is 1. The van der Waals surface area contributed by atoms with E-state index in [0.29, 0.717) is 10.8 Å². The zero-order valence-electron chi connectivity index (χ0n) is 12.5. The standard InChI is InChI=1S/C15H18ClIN4/c1-5-18-14-11(17)12(15(2,3)4)20-13(21-14)10-7-6-9(16)8-19-10/h6-8H,5H2,1-4H3,(H,18,20,21). The molecular weight excluding hydrogens is 399 g/mol. The number of aromatic nitrogens is 3. The highest BCUT2D eigenvalue weighted by atomic mass is 127. The third-order valence-electron chi connectivity index (χ3n) is 2.86. The van der Waals surface area contributed by atoms with E-state index in [1.807, 2.05) is 6.07 Å². The van der Waals surface area contributed by atoms with Gasteiger partial charge in [0.2, 0.25) is 0 Å². The molecule has 0 aliphatic carbocycles. The molecule has 0 atom stereocenters. The fraction of sp³-hybridized carbons (Fsp3) is 0.400. The smallest absolute Gasteiger partial charge is 0.180 e. The first-order valence-corrected chi connectivity index (χ1v) is 8.22. The van der Waals surface area contributed by atoms with Crippen LogP contribution in [0.1, 0.15) is 33.4 Å². The normalized spacial score (nSPS) is 11.5. The summed E-state index contributed by atoms with van der Waals surface area (Å²) in [6, 6.07) is 3.64. The van der Waals surface area contributed by atoms with Crippen LogP contribution in [0.25, 0.3) is 11.5 Å². The summed E-state index contributed by atoms with van der Waals surface area (Å²) < 4.78 is 1.06. The molecule has 0 saturated heterocycles. The van der Waals surface area contributed by atoms with Crippen molar-refractivity contribution < 1.29 is 0 Å². The van der Waals surface area contributed by atoms with Gasteiger partial charge in [-0.3, -0.25) is 4.98 Å². The van der Waals surface area contributed by atoms with Crippen molar-refractivity contribution in [1.29, 1.82) is 0 Å². The van der Waals surface area contributed by atoms with Crippen molar-refractivity contribution in [1.82, 2.24) is 15.0 Å². The molecule has 0 fully saturated rings. The van der Waals surface area contributed by atoms with Gasteiger partial charge in [0.1, 0.15) is 11.5 Å². The van der Waals surface area contributed by atoms with Gasteiger partial charge in [-0.15, -0.1) is 0 Å². The number of anilines is 1. The molecule has 1 N–H and O–H groups in total. The van der Waals surface area contributed by atoms with Crippen LogP contribution >= 0.6 is 34.2 Å². The molecule has 112 valence electrons. The number of hydrogen-bond acceptors (Lipinski definition) is 4. The molecule has 2 aromatic heterocycles. The molecule has 21 heavy (non-hydrogen) atoms. The van der Waals surface area contributed by atoms with Crippen LogP contribution in [-0.2, 0) is 5.41 Å². The van der Waals surface area contributed by atoms with Gasteiger partial charge >= 0.3 is 0 Å². The molecule has 2 aromatic rings. The Bertz CT molecular complexity index is 635. The van der Waals surface area contributed by atoms with Crippen LogP contribution in [-0.4, -0.2) is 21.5 Å². The van der Waals surface area contributed by atoms with E-state index in [9.17, 15) is 0 Å². The second-order valence-corrected chi connectivity index (χ2v) is 7.22. The largest absolute Gasteiger partial charge is 0.369 e. The van der Waals surface area contributed by atoms with Crippen LogP contribution in [0.2, 0.25) is 5.02 Å². The number of rotatable bonds is 3. The summed E-state index contributed by atoms with van der Waals surface area (Å²) in [7, 11) is 0. The van der Waals surface area contributed by atoms with E-state index in [0.717, 1.165) is 27.3 Å². The van der Waals surface area contributed by atoms with Crippen molar-refractivity contribution in [2.45, 2.75) is 33.1 Å². The van der Waals surface area contributed by atoms with E-state index in [1.165, 1.54) is 0 Å². The highest BCUT2D eigenvalue weighted by Crippen LogP contribution is 2.31. The van der Waals surface area contributed by atoms with Crippen molar-refractivity contribution >= 4 is 40.0 Å². The van der Waals surface area contributed by atoms with Gasteiger partial charge in [-0.25, -0.2) is 9.97 Å². The molecule has 6 heteroatoms. The number of nitrogens with one attached hydrogen (secondary N) is 1. The maximum absolute atomic E-state index is 5.89. The predicted molar refractivity (Wildman–Crippen MR) is 95.9 cm³/mol. The van der Waals surface area contributed by atoms with Crippen LogP contribution in [0, 0.1) is 3.57 Å². The van der Waals surface area contributed by atoms with Gasteiger partial charge in [0.25, 0.3) is 0 Å². The number of pyridine rings is 1. The zero-order chi connectivity index (χ0) is 15.6. The molecule has 0 bridgehead atoms. The van der Waals surface area contributed by atoms with Gasteiger partial charge in [-0.2, -0.15) is 0 Å². The minimum Gasteiger partial charge on any atom is -0.369 e. The van der Waals surface area contributed by atoms with Crippen molar-refractivity contribution in [3.05, 3.63) is 32.6 Å². The highest BCUT2D eigenvalue weighted by Gasteiger charge is 2.23.